The summed E-state index contributed by atoms with van der Waals surface area (Å²) in [6.07, 6.45) is 8.33. The van der Waals surface area contributed by atoms with Gasteiger partial charge in [-0.05, 0) is 37.1 Å². The third kappa shape index (κ3) is 6.79. The first-order valence-corrected chi connectivity index (χ1v) is 11.9. The number of amides is 1. The molecule has 0 spiro atoms. The lowest BCUT2D eigenvalue weighted by atomic mass is 10.0. The molecule has 1 aromatic carbocycles. The molecule has 8 heteroatoms. The number of nitrogens with zero attached hydrogens (tertiary/aromatic N) is 1. The molecule has 0 saturated heterocycles. The molecule has 1 amide bonds. The zero-order valence-corrected chi connectivity index (χ0v) is 16.8. The maximum atomic E-state index is 13.9. The predicted octanol–water partition coefficient (Wildman–Crippen LogP) is 3.16. The molecule has 0 heterocycles. The summed E-state index contributed by atoms with van der Waals surface area (Å²) in [6, 6.07) is 5.54. The van der Waals surface area contributed by atoms with Gasteiger partial charge in [0.1, 0.15) is 12.4 Å². The highest BCUT2D eigenvalue weighted by atomic mass is 32.2. The van der Waals surface area contributed by atoms with E-state index < -0.39 is 28.3 Å². The van der Waals surface area contributed by atoms with E-state index in [0.717, 1.165) is 28.0 Å². The van der Waals surface area contributed by atoms with E-state index in [9.17, 15) is 17.6 Å². The van der Waals surface area contributed by atoms with Gasteiger partial charge in [0.05, 0.1) is 11.9 Å². The number of halogens is 1. The molecular weight excluding hydrogens is 375 g/mol. The molecule has 0 bridgehead atoms. The smallest absolute Gasteiger partial charge is 0.240 e. The summed E-state index contributed by atoms with van der Waals surface area (Å²) in [5.41, 5.74) is -0.113. The van der Waals surface area contributed by atoms with Gasteiger partial charge in [0.25, 0.3) is 0 Å². The van der Waals surface area contributed by atoms with Crippen molar-refractivity contribution in [2.45, 2.75) is 43.8 Å². The van der Waals surface area contributed by atoms with Gasteiger partial charge in [0, 0.05) is 11.8 Å². The normalized spacial score (nSPS) is 15.6. The second-order valence-corrected chi connectivity index (χ2v) is 9.87. The number of nitrogens with one attached hydrogen (secondary N) is 1. The first-order chi connectivity index (χ1) is 12.4. The van der Waals surface area contributed by atoms with E-state index in [2.05, 4.69) is 5.32 Å². The Morgan fingerprint density at radius 3 is 2.62 bits per heavy atom. The minimum Gasteiger partial charge on any atom is -0.354 e. The van der Waals surface area contributed by atoms with Gasteiger partial charge in [0.15, 0.2) is 0 Å². The number of anilines is 1. The highest BCUT2D eigenvalue weighted by Gasteiger charge is 2.23. The molecule has 26 heavy (non-hydrogen) atoms. The Kier molecular flexibility index (Phi) is 8.21. The van der Waals surface area contributed by atoms with E-state index in [-0.39, 0.29) is 5.69 Å². The van der Waals surface area contributed by atoms with Crippen molar-refractivity contribution in [1.29, 1.82) is 0 Å². The van der Waals surface area contributed by atoms with Crippen LogP contribution in [0.3, 0.4) is 0 Å². The zero-order valence-electron chi connectivity index (χ0n) is 15.1. The highest BCUT2D eigenvalue weighted by Crippen LogP contribution is 2.28. The molecule has 0 atom stereocenters. The molecule has 1 aliphatic rings. The molecule has 146 valence electrons. The van der Waals surface area contributed by atoms with Crippen LogP contribution in [0.4, 0.5) is 10.1 Å². The van der Waals surface area contributed by atoms with Crippen molar-refractivity contribution in [2.24, 2.45) is 0 Å². The Labute approximate surface area is 159 Å². The molecule has 1 aliphatic carbocycles. The quantitative estimate of drug-likeness (QED) is 0.645. The number of hydrogen-bond donors (Lipinski definition) is 1. The molecular formula is C18H27FN2O3S2. The molecule has 1 fully saturated rings. The summed E-state index contributed by atoms with van der Waals surface area (Å²) < 4.78 is 38.6. The SMILES string of the molecule is CS(=O)(=O)N(CC(=O)NCCCSC1CCCCC1)c1ccccc1F. The van der Waals surface area contributed by atoms with Crippen LogP contribution in [-0.2, 0) is 14.8 Å². The third-order valence-electron chi connectivity index (χ3n) is 4.36. The molecule has 1 saturated carbocycles. The van der Waals surface area contributed by atoms with Crippen LogP contribution in [0.25, 0.3) is 0 Å². The van der Waals surface area contributed by atoms with Crippen molar-refractivity contribution in [3.05, 3.63) is 30.1 Å². The van der Waals surface area contributed by atoms with Gasteiger partial charge >= 0.3 is 0 Å². The molecule has 0 aromatic heterocycles. The number of carbonyl (C=O) groups excluding carboxylic acids is 1. The maximum absolute atomic E-state index is 13.9. The van der Waals surface area contributed by atoms with Gasteiger partial charge in [-0.15, -0.1) is 0 Å². The molecule has 2 rings (SSSR count). The highest BCUT2D eigenvalue weighted by molar-refractivity contribution is 7.99. The van der Waals surface area contributed by atoms with Crippen molar-refractivity contribution in [1.82, 2.24) is 5.32 Å². The van der Waals surface area contributed by atoms with Gasteiger partial charge in [-0.3, -0.25) is 9.10 Å². The summed E-state index contributed by atoms with van der Waals surface area (Å²) in [5.74, 6) is -0.121. The number of carbonyl (C=O) groups is 1. The van der Waals surface area contributed by atoms with Gasteiger partial charge in [-0.2, -0.15) is 11.8 Å². The summed E-state index contributed by atoms with van der Waals surface area (Å²) in [6.45, 7) is 0.0724. The number of benzene rings is 1. The predicted molar refractivity (Wildman–Crippen MR) is 106 cm³/mol. The number of rotatable bonds is 9. The lowest BCUT2D eigenvalue weighted by Gasteiger charge is -2.22. The van der Waals surface area contributed by atoms with Crippen LogP contribution in [0, 0.1) is 5.82 Å². The summed E-state index contributed by atoms with van der Waals surface area (Å²) in [4.78, 5) is 12.1. The first kappa shape index (κ1) is 21.0. The fourth-order valence-electron chi connectivity index (χ4n) is 3.00. The van der Waals surface area contributed by atoms with E-state index in [1.807, 2.05) is 11.8 Å². The minimum absolute atomic E-state index is 0.113. The number of para-hydroxylation sites is 1. The van der Waals surface area contributed by atoms with Crippen LogP contribution in [0.1, 0.15) is 38.5 Å². The Morgan fingerprint density at radius 1 is 1.27 bits per heavy atom. The lowest BCUT2D eigenvalue weighted by molar-refractivity contribution is -0.119. The molecule has 1 aromatic rings. The molecule has 0 radical (unpaired) electrons. The van der Waals surface area contributed by atoms with Gasteiger partial charge in [0.2, 0.25) is 15.9 Å². The molecule has 1 N–H and O–H groups in total. The average Bonchev–Trinajstić information content (AvgIpc) is 2.60. The fraction of sp³-hybridized carbons (Fsp3) is 0.611. The topological polar surface area (TPSA) is 66.5 Å². The molecule has 0 unspecified atom stereocenters. The second-order valence-electron chi connectivity index (χ2n) is 6.56. The standard InChI is InChI=1S/C18H27FN2O3S2/c1-26(23,24)21(17-11-6-5-10-16(17)19)14-18(22)20-12-7-13-25-15-8-3-2-4-9-15/h5-6,10-11,15H,2-4,7-9,12-14H2,1H3,(H,20,22). The van der Waals surface area contributed by atoms with Crippen molar-refractivity contribution in [3.63, 3.8) is 0 Å². The van der Waals surface area contributed by atoms with Crippen LogP contribution in [0.5, 0.6) is 0 Å². The lowest BCUT2D eigenvalue weighted by Crippen LogP contribution is -2.41. The van der Waals surface area contributed by atoms with E-state index >= 15 is 0 Å². The average molecular weight is 403 g/mol. The maximum Gasteiger partial charge on any atom is 0.240 e. The summed E-state index contributed by atoms with van der Waals surface area (Å²) >= 11 is 1.96. The fourth-order valence-corrected chi connectivity index (χ4v) is 5.17. The van der Waals surface area contributed by atoms with Gasteiger partial charge in [-0.25, -0.2) is 12.8 Å². The van der Waals surface area contributed by atoms with Crippen molar-refractivity contribution in [3.8, 4) is 0 Å². The van der Waals surface area contributed by atoms with Crippen molar-refractivity contribution >= 4 is 33.4 Å². The second kappa shape index (κ2) is 10.2. The van der Waals surface area contributed by atoms with E-state index in [4.69, 9.17) is 0 Å². The van der Waals surface area contributed by atoms with Crippen LogP contribution < -0.4 is 9.62 Å². The Bertz CT molecular complexity index is 691. The van der Waals surface area contributed by atoms with Crippen molar-refractivity contribution in [2.75, 3.05) is 29.4 Å². The monoisotopic (exact) mass is 402 g/mol. The largest absolute Gasteiger partial charge is 0.354 e. The third-order valence-corrected chi connectivity index (χ3v) is 6.95. The number of hydrogen-bond acceptors (Lipinski definition) is 4. The van der Waals surface area contributed by atoms with Crippen LogP contribution in [0.15, 0.2) is 24.3 Å². The number of sulfonamides is 1. The Balaban J connectivity index is 1.78. The number of thioether (sulfide) groups is 1. The van der Waals surface area contributed by atoms with Gasteiger partial charge in [-0.1, -0.05) is 31.4 Å². The molecule has 0 aliphatic heterocycles. The summed E-state index contributed by atoms with van der Waals surface area (Å²) in [7, 11) is -3.76. The minimum atomic E-state index is -3.76. The zero-order chi connectivity index (χ0) is 19.0. The van der Waals surface area contributed by atoms with Gasteiger partial charge < -0.3 is 5.32 Å². The van der Waals surface area contributed by atoms with Crippen LogP contribution in [-0.4, -0.2) is 44.7 Å². The van der Waals surface area contributed by atoms with Crippen LogP contribution in [0.2, 0.25) is 0 Å². The van der Waals surface area contributed by atoms with E-state index in [0.29, 0.717) is 6.54 Å². The first-order valence-electron chi connectivity index (χ1n) is 8.98. The Morgan fingerprint density at radius 2 is 1.96 bits per heavy atom. The van der Waals surface area contributed by atoms with E-state index in [1.54, 1.807) is 0 Å². The van der Waals surface area contributed by atoms with E-state index in [1.165, 1.54) is 56.4 Å². The van der Waals surface area contributed by atoms with Crippen LogP contribution >= 0.6 is 11.8 Å². The molecule has 5 nitrogen and oxygen atoms in total. The summed E-state index contributed by atoms with van der Waals surface area (Å²) in [5, 5.41) is 3.47. The Hall–Kier alpha value is -1.28. The van der Waals surface area contributed by atoms with Crippen molar-refractivity contribution < 1.29 is 17.6 Å².